The zero-order valence-corrected chi connectivity index (χ0v) is 25.5. The van der Waals surface area contributed by atoms with Gasteiger partial charge in [0.1, 0.15) is 40.8 Å². The van der Waals surface area contributed by atoms with Crippen LogP contribution in [0, 0.1) is 5.82 Å². The lowest BCUT2D eigenvalue weighted by molar-refractivity contribution is -0.151. The molecule has 48 heavy (non-hydrogen) atoms. The first kappa shape index (κ1) is 30.8. The highest BCUT2D eigenvalue weighted by Crippen LogP contribution is 2.40. The van der Waals surface area contributed by atoms with Crippen LogP contribution in [-0.4, -0.2) is 75.5 Å². The molecule has 0 bridgehead atoms. The number of carboxylic acids is 1. The van der Waals surface area contributed by atoms with Crippen LogP contribution in [0.3, 0.4) is 0 Å². The van der Waals surface area contributed by atoms with Crippen LogP contribution in [0.2, 0.25) is 0 Å². The number of ether oxygens (including phenoxy) is 4. The van der Waals surface area contributed by atoms with E-state index >= 15 is 0 Å². The number of nitrogens with one attached hydrogen (secondary N) is 1. The predicted molar refractivity (Wildman–Crippen MR) is 168 cm³/mol. The van der Waals surface area contributed by atoms with Gasteiger partial charge in [0.25, 0.3) is 11.8 Å². The number of aliphatic carboxylic acids is 1. The first-order chi connectivity index (χ1) is 23.2. The minimum absolute atomic E-state index is 0.0551. The fourth-order valence-corrected chi connectivity index (χ4v) is 6.91. The SMILES string of the molecule is O=C(COc1ccccc1)N[C@@H]1C(=O)N2C(C(=O)O)=C(COC(=O)c3cn(-c4ccc(F)cc4)c4cc5c(cc4c3=O)OCO5)CS[C@H]12. The van der Waals surface area contributed by atoms with Crippen molar-refractivity contribution in [2.45, 2.75) is 11.4 Å². The third-order valence-electron chi connectivity index (χ3n) is 7.88. The molecular weight excluding hydrogens is 649 g/mol. The maximum atomic E-state index is 13.7. The minimum Gasteiger partial charge on any atom is -0.484 e. The lowest BCUT2D eigenvalue weighted by Crippen LogP contribution is -2.71. The maximum Gasteiger partial charge on any atom is 0.352 e. The number of halogens is 1. The van der Waals surface area contributed by atoms with Crippen LogP contribution in [0.1, 0.15) is 10.4 Å². The Balaban J connectivity index is 1.10. The van der Waals surface area contributed by atoms with Crippen molar-refractivity contribution >= 4 is 46.4 Å². The van der Waals surface area contributed by atoms with Crippen molar-refractivity contribution in [3.8, 4) is 22.9 Å². The molecule has 0 aliphatic carbocycles. The summed E-state index contributed by atoms with van der Waals surface area (Å²) >= 11 is 1.19. The summed E-state index contributed by atoms with van der Waals surface area (Å²) in [6.07, 6.45) is 1.26. The highest BCUT2D eigenvalue weighted by Gasteiger charge is 2.54. The van der Waals surface area contributed by atoms with Gasteiger partial charge in [0.05, 0.1) is 10.9 Å². The Kier molecular flexibility index (Phi) is 7.96. The molecule has 0 unspecified atom stereocenters. The summed E-state index contributed by atoms with van der Waals surface area (Å²) in [6.45, 7) is -0.920. The molecule has 244 valence electrons. The van der Waals surface area contributed by atoms with E-state index in [1.807, 2.05) is 0 Å². The summed E-state index contributed by atoms with van der Waals surface area (Å²) in [5, 5.41) is 12.0. The Hall–Kier alpha value is -5.83. The normalized spacial score (nSPS) is 17.9. The fourth-order valence-electron chi connectivity index (χ4n) is 5.58. The number of thioether (sulfide) groups is 1. The van der Waals surface area contributed by atoms with Crippen molar-refractivity contribution in [2.75, 3.05) is 25.8 Å². The standard InChI is InChI=1S/C33H24FN3O10S/c34-18-6-8-19(9-7-18)36-12-22(29(39)21-10-24-25(11-23(21)36)47-16-46-24)33(43)45-13-17-15-48-31-27(30(40)37(31)28(17)32(41)42)35-26(38)14-44-20-4-2-1-3-5-20/h1-12,27,31H,13-16H2,(H,35,38)(H,41,42)/t27-,31-/m1/s1. The number of nitrogens with zero attached hydrogens (tertiary/aromatic N) is 2. The number of carbonyl (C=O) groups excluding carboxylic acids is 3. The maximum absolute atomic E-state index is 13.7. The third kappa shape index (κ3) is 5.57. The van der Waals surface area contributed by atoms with Crippen molar-refractivity contribution in [2.24, 2.45) is 0 Å². The van der Waals surface area contributed by atoms with Crippen LogP contribution in [0.25, 0.3) is 16.6 Å². The third-order valence-corrected chi connectivity index (χ3v) is 9.22. The van der Waals surface area contributed by atoms with Gasteiger partial charge < -0.3 is 33.9 Å². The van der Waals surface area contributed by atoms with Crippen LogP contribution in [0.4, 0.5) is 4.39 Å². The molecule has 3 aromatic carbocycles. The van der Waals surface area contributed by atoms with Gasteiger partial charge in [0.15, 0.2) is 18.1 Å². The number of fused-ring (bicyclic) bond motifs is 3. The summed E-state index contributed by atoms with van der Waals surface area (Å²) in [5.41, 5.74) is -0.481. The van der Waals surface area contributed by atoms with E-state index in [1.54, 1.807) is 36.4 Å². The van der Waals surface area contributed by atoms with E-state index in [0.29, 0.717) is 28.5 Å². The Morgan fingerprint density at radius 1 is 1.02 bits per heavy atom. The van der Waals surface area contributed by atoms with Gasteiger partial charge in [0, 0.05) is 29.3 Å². The van der Waals surface area contributed by atoms with E-state index in [1.165, 1.54) is 52.9 Å². The van der Waals surface area contributed by atoms with Crippen LogP contribution in [0.5, 0.6) is 17.2 Å². The summed E-state index contributed by atoms with van der Waals surface area (Å²) in [5.74, 6) is -2.91. The van der Waals surface area contributed by atoms with Crippen molar-refractivity contribution in [1.29, 1.82) is 0 Å². The van der Waals surface area contributed by atoms with Crippen molar-refractivity contribution in [3.05, 3.63) is 106 Å². The molecule has 1 saturated heterocycles. The fraction of sp³-hybridized carbons (Fsp3) is 0.182. The number of benzene rings is 3. The van der Waals surface area contributed by atoms with Crippen LogP contribution in [0.15, 0.2) is 89.0 Å². The highest BCUT2D eigenvalue weighted by atomic mass is 32.2. The molecule has 15 heteroatoms. The van der Waals surface area contributed by atoms with Gasteiger partial charge in [-0.1, -0.05) is 18.2 Å². The number of aromatic nitrogens is 1. The van der Waals surface area contributed by atoms with Gasteiger partial charge in [-0.2, -0.15) is 0 Å². The predicted octanol–water partition coefficient (Wildman–Crippen LogP) is 2.83. The molecule has 0 spiro atoms. The second-order valence-electron chi connectivity index (χ2n) is 10.8. The van der Waals surface area contributed by atoms with Crippen molar-refractivity contribution in [1.82, 2.24) is 14.8 Å². The van der Waals surface area contributed by atoms with Crippen molar-refractivity contribution < 1.29 is 47.6 Å². The smallest absolute Gasteiger partial charge is 0.352 e. The van der Waals surface area contributed by atoms with Crippen LogP contribution < -0.4 is 25.0 Å². The van der Waals surface area contributed by atoms with E-state index in [2.05, 4.69) is 5.32 Å². The number of carbonyl (C=O) groups is 4. The molecule has 4 heterocycles. The molecule has 3 aliphatic heterocycles. The van der Waals surface area contributed by atoms with Gasteiger partial charge in [-0.15, -0.1) is 11.8 Å². The topological polar surface area (TPSA) is 163 Å². The van der Waals surface area contributed by atoms with E-state index in [9.17, 15) is 33.5 Å². The molecule has 2 N–H and O–H groups in total. The van der Waals surface area contributed by atoms with Crippen molar-refractivity contribution in [3.63, 3.8) is 0 Å². The number of amides is 2. The minimum atomic E-state index is -1.42. The molecule has 4 aromatic rings. The van der Waals surface area contributed by atoms with E-state index < -0.39 is 53.0 Å². The molecule has 2 atom stereocenters. The lowest BCUT2D eigenvalue weighted by Gasteiger charge is -2.49. The van der Waals surface area contributed by atoms with Crippen LogP contribution in [-0.2, 0) is 19.1 Å². The first-order valence-corrected chi connectivity index (χ1v) is 15.5. The molecule has 13 nitrogen and oxygen atoms in total. The van der Waals surface area contributed by atoms with E-state index in [0.717, 1.165) is 4.90 Å². The van der Waals surface area contributed by atoms with Gasteiger partial charge in [0.2, 0.25) is 12.2 Å². The quantitative estimate of drug-likeness (QED) is 0.199. The number of hydrogen-bond acceptors (Lipinski definition) is 10. The number of carboxylic acid groups (broad SMARTS) is 1. The molecule has 1 aromatic heterocycles. The number of hydrogen-bond donors (Lipinski definition) is 2. The number of pyridine rings is 1. The average Bonchev–Trinajstić information content (AvgIpc) is 3.56. The second kappa shape index (κ2) is 12.4. The van der Waals surface area contributed by atoms with E-state index in [-0.39, 0.29) is 41.4 Å². The Labute approximate surface area is 274 Å². The molecule has 1 fully saturated rings. The summed E-state index contributed by atoms with van der Waals surface area (Å²) in [4.78, 5) is 65.8. The first-order valence-electron chi connectivity index (χ1n) is 14.5. The average molecular weight is 674 g/mol. The number of esters is 1. The molecule has 7 rings (SSSR count). The van der Waals surface area contributed by atoms with Gasteiger partial charge in [-0.25, -0.2) is 14.0 Å². The Bertz CT molecular complexity index is 2080. The number of rotatable bonds is 9. The zero-order chi connectivity index (χ0) is 33.5. The number of para-hydroxylation sites is 1. The summed E-state index contributed by atoms with van der Waals surface area (Å²) in [7, 11) is 0. The zero-order valence-electron chi connectivity index (χ0n) is 24.7. The summed E-state index contributed by atoms with van der Waals surface area (Å²) < 4.78 is 37.0. The van der Waals surface area contributed by atoms with E-state index in [4.69, 9.17) is 18.9 Å². The Morgan fingerprint density at radius 3 is 2.48 bits per heavy atom. The second-order valence-corrected chi connectivity index (χ2v) is 11.9. The molecule has 3 aliphatic rings. The molecule has 2 amide bonds. The summed E-state index contributed by atoms with van der Waals surface area (Å²) in [6, 6.07) is 16.1. The van der Waals surface area contributed by atoms with Gasteiger partial charge >= 0.3 is 11.9 Å². The van der Waals surface area contributed by atoms with Gasteiger partial charge in [-0.05, 0) is 42.5 Å². The lowest BCUT2D eigenvalue weighted by atomic mass is 10.0. The van der Waals surface area contributed by atoms with Gasteiger partial charge in [-0.3, -0.25) is 19.3 Å². The Morgan fingerprint density at radius 2 is 1.75 bits per heavy atom. The van der Waals surface area contributed by atoms with Crippen LogP contribution >= 0.6 is 11.8 Å². The molecule has 0 radical (unpaired) electrons. The number of β-lactam (4-membered cyclic amide) rings is 1. The largest absolute Gasteiger partial charge is 0.484 e. The monoisotopic (exact) mass is 673 g/mol. The highest BCUT2D eigenvalue weighted by molar-refractivity contribution is 8.00. The molecular formula is C33H24FN3O10S. The molecule has 0 saturated carbocycles.